The van der Waals surface area contributed by atoms with Gasteiger partial charge in [0.25, 0.3) is 0 Å². The minimum Gasteiger partial charge on any atom is -0.391 e. The first-order valence-corrected chi connectivity index (χ1v) is 5.68. The average molecular weight is 215 g/mol. The largest absolute Gasteiger partial charge is 0.391 e. The quantitative estimate of drug-likeness (QED) is 0.754. The van der Waals surface area contributed by atoms with E-state index in [0.717, 1.165) is 25.7 Å². The number of hydrogen-bond donors (Lipinski definition) is 1. The van der Waals surface area contributed by atoms with Crippen molar-refractivity contribution in [1.82, 2.24) is 4.90 Å². The number of rotatable bonds is 4. The Hall–Kier alpha value is -0.610. The second-order valence-electron chi connectivity index (χ2n) is 4.06. The van der Waals surface area contributed by atoms with Gasteiger partial charge in [0.15, 0.2) is 0 Å². The van der Waals surface area contributed by atoms with Gasteiger partial charge < -0.3 is 14.7 Å². The molecule has 2 unspecified atom stereocenters. The summed E-state index contributed by atoms with van der Waals surface area (Å²) in [7, 11) is 1.75. The summed E-state index contributed by atoms with van der Waals surface area (Å²) in [5.41, 5.74) is 0. The maximum absolute atomic E-state index is 11.6. The Morgan fingerprint density at radius 1 is 1.47 bits per heavy atom. The normalized spacial score (nSPS) is 26.3. The van der Waals surface area contributed by atoms with Crippen LogP contribution in [-0.2, 0) is 9.53 Å². The first-order valence-electron chi connectivity index (χ1n) is 5.68. The molecule has 15 heavy (non-hydrogen) atoms. The lowest BCUT2D eigenvalue weighted by Crippen LogP contribution is -2.47. The molecule has 4 nitrogen and oxygen atoms in total. The van der Waals surface area contributed by atoms with Gasteiger partial charge in [-0.3, -0.25) is 4.79 Å². The van der Waals surface area contributed by atoms with Gasteiger partial charge >= 0.3 is 0 Å². The van der Waals surface area contributed by atoms with Crippen LogP contribution in [0.25, 0.3) is 0 Å². The predicted molar refractivity (Wildman–Crippen MR) is 57.5 cm³/mol. The van der Waals surface area contributed by atoms with Crippen molar-refractivity contribution in [3.05, 3.63) is 0 Å². The third-order valence-corrected chi connectivity index (χ3v) is 3.01. The fourth-order valence-electron chi connectivity index (χ4n) is 2.02. The molecule has 2 atom stereocenters. The topological polar surface area (TPSA) is 49.8 Å². The van der Waals surface area contributed by atoms with Crippen molar-refractivity contribution in [3.8, 4) is 0 Å². The number of amides is 1. The molecule has 1 aliphatic carbocycles. The Balaban J connectivity index is 2.42. The summed E-state index contributed by atoms with van der Waals surface area (Å²) in [5.74, 6) is -0.0391. The Kier molecular flexibility index (Phi) is 5.05. The molecule has 1 saturated carbocycles. The van der Waals surface area contributed by atoms with E-state index in [2.05, 4.69) is 0 Å². The lowest BCUT2D eigenvalue weighted by molar-refractivity contribution is -0.140. The van der Waals surface area contributed by atoms with Crippen molar-refractivity contribution in [2.24, 2.45) is 0 Å². The first kappa shape index (κ1) is 12.5. The van der Waals surface area contributed by atoms with Gasteiger partial charge in [0.2, 0.25) is 5.91 Å². The summed E-state index contributed by atoms with van der Waals surface area (Å²) in [5, 5.41) is 9.78. The van der Waals surface area contributed by atoms with E-state index >= 15 is 0 Å². The van der Waals surface area contributed by atoms with E-state index in [1.807, 2.05) is 6.92 Å². The molecule has 0 heterocycles. The van der Waals surface area contributed by atoms with Crippen molar-refractivity contribution >= 4 is 5.91 Å². The highest BCUT2D eigenvalue weighted by molar-refractivity contribution is 5.77. The average Bonchev–Trinajstić information content (AvgIpc) is 2.25. The highest BCUT2D eigenvalue weighted by atomic mass is 16.5. The standard InChI is InChI=1S/C11H21NO3/c1-3-15-8-11(14)12(2)9-6-4-5-7-10(9)13/h9-10,13H,3-8H2,1-2H3. The lowest BCUT2D eigenvalue weighted by Gasteiger charge is -2.35. The molecule has 0 radical (unpaired) electrons. The Morgan fingerprint density at radius 2 is 2.13 bits per heavy atom. The summed E-state index contributed by atoms with van der Waals surface area (Å²) in [4.78, 5) is 13.3. The van der Waals surface area contributed by atoms with Gasteiger partial charge in [-0.2, -0.15) is 0 Å². The van der Waals surface area contributed by atoms with Crippen LogP contribution in [-0.4, -0.2) is 48.3 Å². The fourth-order valence-corrected chi connectivity index (χ4v) is 2.02. The number of nitrogens with zero attached hydrogens (tertiary/aromatic N) is 1. The summed E-state index contributed by atoms with van der Waals surface area (Å²) in [6.45, 7) is 2.53. The molecule has 0 aromatic carbocycles. The molecule has 1 N–H and O–H groups in total. The van der Waals surface area contributed by atoms with Gasteiger partial charge in [-0.25, -0.2) is 0 Å². The number of likely N-dealkylation sites (N-methyl/N-ethyl adjacent to an activating group) is 1. The molecule has 1 fully saturated rings. The number of aliphatic hydroxyl groups is 1. The Bertz CT molecular complexity index is 208. The Labute approximate surface area is 91.2 Å². The monoisotopic (exact) mass is 215 g/mol. The molecule has 88 valence electrons. The first-order chi connectivity index (χ1) is 7.16. The van der Waals surface area contributed by atoms with Crippen molar-refractivity contribution in [3.63, 3.8) is 0 Å². The molecule has 0 aromatic heterocycles. The SMILES string of the molecule is CCOCC(=O)N(C)C1CCCCC1O. The zero-order valence-corrected chi connectivity index (χ0v) is 9.61. The highest BCUT2D eigenvalue weighted by Crippen LogP contribution is 2.22. The van der Waals surface area contributed by atoms with Gasteiger partial charge in [0.1, 0.15) is 6.61 Å². The van der Waals surface area contributed by atoms with Crippen LogP contribution in [0.15, 0.2) is 0 Å². The van der Waals surface area contributed by atoms with E-state index in [1.165, 1.54) is 0 Å². The number of aliphatic hydroxyl groups excluding tert-OH is 1. The molecule has 0 aliphatic heterocycles. The van der Waals surface area contributed by atoms with Gasteiger partial charge in [-0.1, -0.05) is 12.8 Å². The molecular weight excluding hydrogens is 194 g/mol. The number of carbonyl (C=O) groups is 1. The van der Waals surface area contributed by atoms with Crippen LogP contribution < -0.4 is 0 Å². The van der Waals surface area contributed by atoms with E-state index in [4.69, 9.17) is 4.74 Å². The van der Waals surface area contributed by atoms with Crippen LogP contribution in [0.3, 0.4) is 0 Å². The van der Waals surface area contributed by atoms with Crippen LogP contribution in [0.1, 0.15) is 32.6 Å². The van der Waals surface area contributed by atoms with Crippen LogP contribution in [0.2, 0.25) is 0 Å². The summed E-state index contributed by atoms with van der Waals surface area (Å²) in [6.07, 6.45) is 3.49. The second kappa shape index (κ2) is 6.08. The van der Waals surface area contributed by atoms with Gasteiger partial charge in [-0.15, -0.1) is 0 Å². The van der Waals surface area contributed by atoms with E-state index in [1.54, 1.807) is 11.9 Å². The number of hydrogen-bond acceptors (Lipinski definition) is 3. The predicted octanol–water partition coefficient (Wildman–Crippen LogP) is 0.785. The third kappa shape index (κ3) is 3.47. The van der Waals surface area contributed by atoms with Crippen LogP contribution in [0.5, 0.6) is 0 Å². The molecule has 1 amide bonds. The summed E-state index contributed by atoms with van der Waals surface area (Å²) in [6, 6.07) is -0.0216. The van der Waals surface area contributed by atoms with Crippen LogP contribution >= 0.6 is 0 Å². The van der Waals surface area contributed by atoms with Crippen molar-refractivity contribution < 1.29 is 14.6 Å². The second-order valence-corrected chi connectivity index (χ2v) is 4.06. The lowest BCUT2D eigenvalue weighted by atomic mass is 9.91. The van der Waals surface area contributed by atoms with Gasteiger partial charge in [0.05, 0.1) is 12.1 Å². The van der Waals surface area contributed by atoms with Crippen LogP contribution in [0, 0.1) is 0 Å². The van der Waals surface area contributed by atoms with Gasteiger partial charge in [-0.05, 0) is 19.8 Å². The zero-order chi connectivity index (χ0) is 11.3. The summed E-state index contributed by atoms with van der Waals surface area (Å²) >= 11 is 0. The molecule has 4 heteroatoms. The maximum Gasteiger partial charge on any atom is 0.248 e. The van der Waals surface area contributed by atoms with E-state index in [-0.39, 0.29) is 24.7 Å². The molecule has 1 aliphatic rings. The number of ether oxygens (including phenoxy) is 1. The van der Waals surface area contributed by atoms with E-state index in [9.17, 15) is 9.90 Å². The molecule has 0 aromatic rings. The minimum absolute atomic E-state index is 0.0216. The molecule has 0 saturated heterocycles. The van der Waals surface area contributed by atoms with Crippen molar-refractivity contribution in [2.45, 2.75) is 44.8 Å². The summed E-state index contributed by atoms with van der Waals surface area (Å²) < 4.78 is 5.07. The molecule has 0 spiro atoms. The molecule has 1 rings (SSSR count). The van der Waals surface area contributed by atoms with Crippen LogP contribution in [0.4, 0.5) is 0 Å². The van der Waals surface area contributed by atoms with Crippen molar-refractivity contribution in [2.75, 3.05) is 20.3 Å². The maximum atomic E-state index is 11.6. The fraction of sp³-hybridized carbons (Fsp3) is 0.909. The highest BCUT2D eigenvalue weighted by Gasteiger charge is 2.28. The molecule has 0 bridgehead atoms. The third-order valence-electron chi connectivity index (χ3n) is 3.01. The zero-order valence-electron chi connectivity index (χ0n) is 9.61. The van der Waals surface area contributed by atoms with E-state index < -0.39 is 0 Å². The molecular formula is C11H21NO3. The smallest absolute Gasteiger partial charge is 0.248 e. The van der Waals surface area contributed by atoms with Gasteiger partial charge in [0, 0.05) is 13.7 Å². The van der Waals surface area contributed by atoms with E-state index in [0.29, 0.717) is 6.61 Å². The minimum atomic E-state index is -0.366. The van der Waals surface area contributed by atoms with Crippen molar-refractivity contribution in [1.29, 1.82) is 0 Å². The Morgan fingerprint density at radius 3 is 2.73 bits per heavy atom. The number of carbonyl (C=O) groups excluding carboxylic acids is 1.